The lowest BCUT2D eigenvalue weighted by Crippen LogP contribution is -2.07. The van der Waals surface area contributed by atoms with E-state index in [1.165, 1.54) is 4.68 Å². The topological polar surface area (TPSA) is 90.1 Å². The zero-order valence-corrected chi connectivity index (χ0v) is 8.34. The number of nitrogens with two attached hydrogens (primary N) is 1. The maximum Gasteiger partial charge on any atom is 0.231 e. The van der Waals surface area contributed by atoms with Gasteiger partial charge in [-0.1, -0.05) is 0 Å². The number of hydrogen-bond acceptors (Lipinski definition) is 5. The molecular formula is C9H12N4O2. The molecule has 2 heterocycles. The van der Waals surface area contributed by atoms with Gasteiger partial charge in [0, 0.05) is 0 Å². The van der Waals surface area contributed by atoms with Crippen molar-refractivity contribution in [1.29, 1.82) is 0 Å². The molecule has 0 saturated heterocycles. The summed E-state index contributed by atoms with van der Waals surface area (Å²) < 4.78 is 6.72. The van der Waals surface area contributed by atoms with Gasteiger partial charge in [0.15, 0.2) is 0 Å². The number of aliphatic hydroxyl groups excluding tert-OH is 1. The van der Waals surface area contributed by atoms with Crippen LogP contribution in [0.25, 0.3) is 11.5 Å². The van der Waals surface area contributed by atoms with Crippen molar-refractivity contribution in [3.63, 3.8) is 0 Å². The number of rotatable bonds is 3. The standard InChI is InChI=1S/C9H12N4O2/c1-6-5-15-9(12-6)7-4-11-13(2-3-14)8(7)10/h4-5,14H,2-3,10H2,1H3. The van der Waals surface area contributed by atoms with Crippen LogP contribution in [0.3, 0.4) is 0 Å². The summed E-state index contributed by atoms with van der Waals surface area (Å²) in [5.41, 5.74) is 7.26. The van der Waals surface area contributed by atoms with Gasteiger partial charge >= 0.3 is 0 Å². The van der Waals surface area contributed by atoms with Crippen LogP contribution in [0.5, 0.6) is 0 Å². The van der Waals surface area contributed by atoms with E-state index in [1.54, 1.807) is 12.5 Å². The Morgan fingerprint density at radius 3 is 3.00 bits per heavy atom. The lowest BCUT2D eigenvalue weighted by atomic mass is 10.3. The normalized spacial score (nSPS) is 10.8. The van der Waals surface area contributed by atoms with Crippen LogP contribution >= 0.6 is 0 Å². The average molecular weight is 208 g/mol. The van der Waals surface area contributed by atoms with Gasteiger partial charge in [-0.25, -0.2) is 9.67 Å². The summed E-state index contributed by atoms with van der Waals surface area (Å²) in [4.78, 5) is 4.15. The predicted molar refractivity (Wildman–Crippen MR) is 54.0 cm³/mol. The van der Waals surface area contributed by atoms with Crippen LogP contribution in [-0.4, -0.2) is 26.5 Å². The first-order valence-corrected chi connectivity index (χ1v) is 4.57. The van der Waals surface area contributed by atoms with E-state index in [0.29, 0.717) is 23.8 Å². The van der Waals surface area contributed by atoms with Crippen LogP contribution in [-0.2, 0) is 6.54 Å². The Bertz CT molecular complexity index is 460. The summed E-state index contributed by atoms with van der Waals surface area (Å²) >= 11 is 0. The molecule has 0 aliphatic rings. The number of nitrogens with zero attached hydrogens (tertiary/aromatic N) is 3. The number of aliphatic hydroxyl groups is 1. The van der Waals surface area contributed by atoms with Crippen LogP contribution in [0.15, 0.2) is 16.9 Å². The minimum atomic E-state index is -0.00404. The highest BCUT2D eigenvalue weighted by Gasteiger charge is 2.13. The molecule has 0 bridgehead atoms. The molecule has 2 aromatic rings. The van der Waals surface area contributed by atoms with E-state index >= 15 is 0 Å². The van der Waals surface area contributed by atoms with Gasteiger partial charge in [-0.15, -0.1) is 0 Å². The fourth-order valence-corrected chi connectivity index (χ4v) is 1.31. The Hall–Kier alpha value is -1.82. The van der Waals surface area contributed by atoms with Crippen LogP contribution in [0.4, 0.5) is 5.82 Å². The molecule has 15 heavy (non-hydrogen) atoms. The quantitative estimate of drug-likeness (QED) is 0.762. The van der Waals surface area contributed by atoms with E-state index in [-0.39, 0.29) is 6.61 Å². The van der Waals surface area contributed by atoms with Gasteiger partial charge in [0.1, 0.15) is 12.1 Å². The van der Waals surface area contributed by atoms with Crippen molar-refractivity contribution in [2.75, 3.05) is 12.3 Å². The molecule has 3 N–H and O–H groups in total. The van der Waals surface area contributed by atoms with Crippen LogP contribution in [0, 0.1) is 6.92 Å². The fraction of sp³-hybridized carbons (Fsp3) is 0.333. The van der Waals surface area contributed by atoms with Gasteiger partial charge in [0.25, 0.3) is 0 Å². The van der Waals surface area contributed by atoms with Crippen molar-refractivity contribution < 1.29 is 9.52 Å². The highest BCUT2D eigenvalue weighted by atomic mass is 16.3. The first-order chi connectivity index (χ1) is 7.22. The van der Waals surface area contributed by atoms with E-state index in [4.69, 9.17) is 15.3 Å². The Kier molecular flexibility index (Phi) is 2.42. The molecule has 0 aromatic carbocycles. The third-order valence-corrected chi connectivity index (χ3v) is 2.04. The number of oxazole rings is 1. The van der Waals surface area contributed by atoms with E-state index in [9.17, 15) is 0 Å². The summed E-state index contributed by atoms with van der Waals surface area (Å²) in [6.45, 7) is 2.20. The molecular weight excluding hydrogens is 196 g/mol. The van der Waals surface area contributed by atoms with Crippen molar-refractivity contribution in [2.45, 2.75) is 13.5 Å². The molecule has 0 saturated carbocycles. The third kappa shape index (κ3) is 1.71. The lowest BCUT2D eigenvalue weighted by molar-refractivity contribution is 0.270. The Morgan fingerprint density at radius 2 is 2.40 bits per heavy atom. The molecule has 80 valence electrons. The molecule has 0 spiro atoms. The maximum atomic E-state index is 8.77. The smallest absolute Gasteiger partial charge is 0.231 e. The van der Waals surface area contributed by atoms with Crippen molar-refractivity contribution >= 4 is 5.82 Å². The zero-order valence-electron chi connectivity index (χ0n) is 8.34. The average Bonchev–Trinajstić information content (AvgIpc) is 2.76. The molecule has 0 radical (unpaired) electrons. The first kappa shape index (κ1) is 9.72. The molecule has 6 nitrogen and oxygen atoms in total. The van der Waals surface area contributed by atoms with Gasteiger partial charge < -0.3 is 15.3 Å². The molecule has 0 unspecified atom stereocenters. The maximum absolute atomic E-state index is 8.77. The summed E-state index contributed by atoms with van der Waals surface area (Å²) in [6, 6.07) is 0. The van der Waals surface area contributed by atoms with Gasteiger partial charge in [0.05, 0.1) is 30.6 Å². The summed E-state index contributed by atoms with van der Waals surface area (Å²) in [7, 11) is 0. The number of anilines is 1. The van der Waals surface area contributed by atoms with Crippen molar-refractivity contribution in [2.24, 2.45) is 0 Å². The summed E-state index contributed by atoms with van der Waals surface area (Å²) in [6.07, 6.45) is 3.13. The fourth-order valence-electron chi connectivity index (χ4n) is 1.31. The molecule has 2 aromatic heterocycles. The largest absolute Gasteiger partial charge is 0.444 e. The van der Waals surface area contributed by atoms with Crippen molar-refractivity contribution in [3.8, 4) is 11.5 Å². The van der Waals surface area contributed by atoms with Crippen LogP contribution in [0.2, 0.25) is 0 Å². The summed E-state index contributed by atoms with van der Waals surface area (Å²) in [5, 5.41) is 12.8. The highest BCUT2D eigenvalue weighted by molar-refractivity contribution is 5.66. The second kappa shape index (κ2) is 3.74. The summed E-state index contributed by atoms with van der Waals surface area (Å²) in [5.74, 6) is 0.903. The van der Waals surface area contributed by atoms with Gasteiger partial charge in [0.2, 0.25) is 5.89 Å². The molecule has 0 aliphatic carbocycles. The number of aryl methyl sites for hydroxylation is 1. The number of aromatic nitrogens is 3. The number of hydrogen-bond donors (Lipinski definition) is 2. The molecule has 2 rings (SSSR count). The Balaban J connectivity index is 2.37. The second-order valence-electron chi connectivity index (χ2n) is 3.18. The van der Waals surface area contributed by atoms with E-state index in [0.717, 1.165) is 5.69 Å². The SMILES string of the molecule is Cc1coc(-c2cnn(CCO)c2N)n1. The van der Waals surface area contributed by atoms with Gasteiger partial charge in [-0.2, -0.15) is 5.10 Å². The van der Waals surface area contributed by atoms with Crippen molar-refractivity contribution in [3.05, 3.63) is 18.2 Å². The van der Waals surface area contributed by atoms with E-state index < -0.39 is 0 Å². The Labute approximate surface area is 86.3 Å². The molecule has 6 heteroatoms. The predicted octanol–water partition coefficient (Wildman–Crippen LogP) is 0.421. The molecule has 0 atom stereocenters. The van der Waals surface area contributed by atoms with E-state index in [2.05, 4.69) is 10.1 Å². The third-order valence-electron chi connectivity index (χ3n) is 2.04. The van der Waals surface area contributed by atoms with Crippen LogP contribution < -0.4 is 5.73 Å². The number of nitrogen functional groups attached to an aromatic ring is 1. The highest BCUT2D eigenvalue weighted by Crippen LogP contribution is 2.24. The van der Waals surface area contributed by atoms with Crippen LogP contribution in [0.1, 0.15) is 5.69 Å². The second-order valence-corrected chi connectivity index (χ2v) is 3.18. The monoisotopic (exact) mass is 208 g/mol. The Morgan fingerprint density at radius 1 is 1.60 bits per heavy atom. The molecule has 0 aliphatic heterocycles. The first-order valence-electron chi connectivity index (χ1n) is 4.57. The van der Waals surface area contributed by atoms with Gasteiger partial charge in [-0.05, 0) is 6.92 Å². The molecule has 0 amide bonds. The molecule has 0 fully saturated rings. The van der Waals surface area contributed by atoms with Crippen molar-refractivity contribution in [1.82, 2.24) is 14.8 Å². The minimum Gasteiger partial charge on any atom is -0.444 e. The van der Waals surface area contributed by atoms with Gasteiger partial charge in [-0.3, -0.25) is 0 Å². The zero-order chi connectivity index (χ0) is 10.8. The minimum absolute atomic E-state index is 0.00404. The lowest BCUT2D eigenvalue weighted by Gasteiger charge is -2.00. The van der Waals surface area contributed by atoms with E-state index in [1.807, 2.05) is 6.92 Å².